The number of nitrogens with zero attached hydrogens (tertiary/aromatic N) is 2. The molecule has 1 aliphatic carbocycles. The fourth-order valence-electron chi connectivity index (χ4n) is 2.86. The molecule has 1 saturated carbocycles. The molecule has 7 nitrogen and oxygen atoms in total. The van der Waals surface area contributed by atoms with Crippen LogP contribution >= 0.6 is 0 Å². The van der Waals surface area contributed by atoms with Crippen molar-refractivity contribution < 1.29 is 19.4 Å². The minimum absolute atomic E-state index is 0.0164. The summed E-state index contributed by atoms with van der Waals surface area (Å²) in [4.78, 5) is 29.3. The summed E-state index contributed by atoms with van der Waals surface area (Å²) < 4.78 is 4.81. The predicted octanol–water partition coefficient (Wildman–Crippen LogP) is 0.462. The maximum Gasteiger partial charge on any atom is 0.410 e. The lowest BCUT2D eigenvalue weighted by Crippen LogP contribution is -2.45. The van der Waals surface area contributed by atoms with Gasteiger partial charge < -0.3 is 15.2 Å². The molecule has 22 heavy (non-hydrogen) atoms. The second kappa shape index (κ2) is 6.31. The first-order chi connectivity index (χ1) is 10.6. The number of amides is 2. The van der Waals surface area contributed by atoms with Gasteiger partial charge in [-0.3, -0.25) is 14.7 Å². The van der Waals surface area contributed by atoms with E-state index in [4.69, 9.17) is 4.74 Å². The van der Waals surface area contributed by atoms with E-state index in [2.05, 4.69) is 10.3 Å². The third-order valence-electron chi connectivity index (χ3n) is 4.12. The van der Waals surface area contributed by atoms with E-state index in [1.165, 1.54) is 4.90 Å². The Bertz CT molecular complexity index is 545. The van der Waals surface area contributed by atoms with Gasteiger partial charge in [-0.15, -0.1) is 0 Å². The van der Waals surface area contributed by atoms with E-state index in [9.17, 15) is 14.7 Å². The minimum Gasteiger partial charge on any atom is -0.448 e. The van der Waals surface area contributed by atoms with Gasteiger partial charge in [-0.05, 0) is 30.9 Å². The van der Waals surface area contributed by atoms with Gasteiger partial charge in [0, 0.05) is 6.20 Å². The van der Waals surface area contributed by atoms with Crippen LogP contribution in [0.2, 0.25) is 0 Å². The van der Waals surface area contributed by atoms with Crippen molar-refractivity contribution in [1.82, 2.24) is 15.2 Å². The highest BCUT2D eigenvalue weighted by Gasteiger charge is 2.36. The molecule has 0 spiro atoms. The molecule has 1 aromatic rings. The SMILES string of the molecule is O=C(CN1CCOC1=O)N[C@H](c1ccccn1)C1CC(O)C1. The summed E-state index contributed by atoms with van der Waals surface area (Å²) in [6.45, 7) is 0.741. The van der Waals surface area contributed by atoms with Crippen molar-refractivity contribution in [3.63, 3.8) is 0 Å². The number of carbonyl (C=O) groups is 2. The molecule has 0 radical (unpaired) electrons. The lowest BCUT2D eigenvalue weighted by atomic mass is 9.76. The molecule has 7 heteroatoms. The van der Waals surface area contributed by atoms with Crippen LogP contribution in [0.1, 0.15) is 24.6 Å². The highest BCUT2D eigenvalue weighted by molar-refractivity contribution is 5.83. The Morgan fingerprint density at radius 2 is 2.32 bits per heavy atom. The van der Waals surface area contributed by atoms with E-state index in [0.717, 1.165) is 5.69 Å². The van der Waals surface area contributed by atoms with Crippen LogP contribution in [-0.2, 0) is 9.53 Å². The van der Waals surface area contributed by atoms with Crippen LogP contribution in [0.4, 0.5) is 4.79 Å². The quantitative estimate of drug-likeness (QED) is 0.824. The Hall–Kier alpha value is -2.15. The van der Waals surface area contributed by atoms with E-state index < -0.39 is 6.09 Å². The standard InChI is InChI=1S/C15H19N3O4/c19-11-7-10(8-11)14(12-3-1-2-4-16-12)17-13(20)9-18-5-6-22-15(18)21/h1-4,10-11,14,19H,5-9H2,(H,17,20)/t10?,11?,14-/m0/s1. The molecule has 0 bridgehead atoms. The summed E-state index contributed by atoms with van der Waals surface area (Å²) in [6.07, 6.45) is 2.22. The lowest BCUT2D eigenvalue weighted by molar-refractivity contribution is -0.123. The third-order valence-corrected chi connectivity index (χ3v) is 4.12. The number of cyclic esters (lactones) is 1. The molecule has 2 fully saturated rings. The van der Waals surface area contributed by atoms with Gasteiger partial charge in [-0.25, -0.2) is 4.79 Å². The number of rotatable bonds is 5. The molecule has 2 aliphatic rings. The number of aliphatic hydroxyl groups excluding tert-OH is 1. The molecule has 2 heterocycles. The van der Waals surface area contributed by atoms with Crippen LogP contribution < -0.4 is 5.32 Å². The van der Waals surface area contributed by atoms with Crippen molar-refractivity contribution in [1.29, 1.82) is 0 Å². The molecular formula is C15H19N3O4. The maximum atomic E-state index is 12.2. The zero-order valence-electron chi connectivity index (χ0n) is 12.1. The van der Waals surface area contributed by atoms with Gasteiger partial charge in [0.2, 0.25) is 5.91 Å². The Morgan fingerprint density at radius 1 is 1.50 bits per heavy atom. The van der Waals surface area contributed by atoms with Crippen molar-refractivity contribution in [3.05, 3.63) is 30.1 Å². The largest absolute Gasteiger partial charge is 0.448 e. The fourth-order valence-corrected chi connectivity index (χ4v) is 2.86. The summed E-state index contributed by atoms with van der Waals surface area (Å²) in [5.41, 5.74) is 0.775. The van der Waals surface area contributed by atoms with E-state index in [-0.39, 0.29) is 30.5 Å². The first-order valence-corrected chi connectivity index (χ1v) is 7.43. The average Bonchev–Trinajstić information content (AvgIpc) is 2.88. The van der Waals surface area contributed by atoms with Gasteiger partial charge in [0.25, 0.3) is 0 Å². The Kier molecular flexibility index (Phi) is 4.24. The van der Waals surface area contributed by atoms with Crippen LogP contribution in [0.5, 0.6) is 0 Å². The Balaban J connectivity index is 1.65. The van der Waals surface area contributed by atoms with Crippen LogP contribution in [0.3, 0.4) is 0 Å². The van der Waals surface area contributed by atoms with E-state index in [1.54, 1.807) is 6.20 Å². The number of ether oxygens (including phenoxy) is 1. The van der Waals surface area contributed by atoms with Crippen LogP contribution in [0.25, 0.3) is 0 Å². The van der Waals surface area contributed by atoms with Crippen molar-refractivity contribution in [3.8, 4) is 0 Å². The number of aliphatic hydroxyl groups is 1. The number of hydrogen-bond donors (Lipinski definition) is 2. The van der Waals surface area contributed by atoms with Gasteiger partial charge in [-0.2, -0.15) is 0 Å². The number of carbonyl (C=O) groups excluding carboxylic acids is 2. The topological polar surface area (TPSA) is 91.8 Å². The Labute approximate surface area is 128 Å². The third kappa shape index (κ3) is 3.19. The van der Waals surface area contributed by atoms with Crippen molar-refractivity contribution in [2.45, 2.75) is 25.0 Å². The Morgan fingerprint density at radius 3 is 2.91 bits per heavy atom. The van der Waals surface area contributed by atoms with E-state index >= 15 is 0 Å². The summed E-state index contributed by atoms with van der Waals surface area (Å²) in [5.74, 6) is -0.0738. The molecule has 1 aromatic heterocycles. The van der Waals surface area contributed by atoms with Crippen LogP contribution in [-0.4, -0.2) is 52.8 Å². The molecule has 0 aromatic carbocycles. The lowest BCUT2D eigenvalue weighted by Gasteiger charge is -2.37. The summed E-state index contributed by atoms with van der Waals surface area (Å²) in [6, 6.07) is 5.31. The molecule has 0 unspecified atom stereocenters. The zero-order valence-corrected chi connectivity index (χ0v) is 12.1. The molecule has 1 atom stereocenters. The highest BCUT2D eigenvalue weighted by atomic mass is 16.6. The zero-order chi connectivity index (χ0) is 15.5. The van der Waals surface area contributed by atoms with E-state index in [1.807, 2.05) is 18.2 Å². The summed E-state index contributed by atoms with van der Waals surface area (Å²) in [5, 5.41) is 12.5. The van der Waals surface area contributed by atoms with Gasteiger partial charge in [0.05, 0.1) is 24.4 Å². The smallest absolute Gasteiger partial charge is 0.410 e. The van der Waals surface area contributed by atoms with Gasteiger partial charge >= 0.3 is 6.09 Å². The average molecular weight is 305 g/mol. The minimum atomic E-state index is -0.455. The molecule has 2 amide bonds. The molecule has 1 saturated heterocycles. The number of nitrogens with one attached hydrogen (secondary N) is 1. The normalized spacial score (nSPS) is 25.3. The monoisotopic (exact) mass is 305 g/mol. The number of hydrogen-bond acceptors (Lipinski definition) is 5. The second-order valence-electron chi connectivity index (χ2n) is 5.72. The molecule has 118 valence electrons. The van der Waals surface area contributed by atoms with Crippen LogP contribution in [0.15, 0.2) is 24.4 Å². The van der Waals surface area contributed by atoms with Crippen molar-refractivity contribution >= 4 is 12.0 Å². The molecule has 1 aliphatic heterocycles. The second-order valence-corrected chi connectivity index (χ2v) is 5.72. The first-order valence-electron chi connectivity index (χ1n) is 7.43. The summed E-state index contributed by atoms with van der Waals surface area (Å²) >= 11 is 0. The summed E-state index contributed by atoms with van der Waals surface area (Å²) in [7, 11) is 0. The van der Waals surface area contributed by atoms with Crippen LogP contribution in [0, 0.1) is 5.92 Å². The molecular weight excluding hydrogens is 286 g/mol. The maximum absolute atomic E-state index is 12.2. The fraction of sp³-hybridized carbons (Fsp3) is 0.533. The number of aromatic nitrogens is 1. The highest BCUT2D eigenvalue weighted by Crippen LogP contribution is 2.37. The predicted molar refractivity (Wildman–Crippen MR) is 76.8 cm³/mol. The number of pyridine rings is 1. The van der Waals surface area contributed by atoms with Gasteiger partial charge in [0.1, 0.15) is 13.2 Å². The molecule has 3 rings (SSSR count). The van der Waals surface area contributed by atoms with Gasteiger partial charge in [0.15, 0.2) is 0 Å². The molecule has 2 N–H and O–H groups in total. The van der Waals surface area contributed by atoms with E-state index in [0.29, 0.717) is 26.0 Å². The van der Waals surface area contributed by atoms with Crippen molar-refractivity contribution in [2.75, 3.05) is 19.7 Å². The van der Waals surface area contributed by atoms with Gasteiger partial charge in [-0.1, -0.05) is 6.07 Å². The first kappa shape index (κ1) is 14.8. The van der Waals surface area contributed by atoms with Crippen molar-refractivity contribution in [2.24, 2.45) is 5.92 Å².